The molecule has 0 saturated heterocycles. The van der Waals surface area contributed by atoms with Crippen molar-refractivity contribution in [1.82, 2.24) is 5.32 Å². The molecule has 0 aliphatic heterocycles. The van der Waals surface area contributed by atoms with Crippen molar-refractivity contribution in [2.45, 2.75) is 39.3 Å². The summed E-state index contributed by atoms with van der Waals surface area (Å²) in [5.74, 6) is 0. The lowest BCUT2D eigenvalue weighted by molar-refractivity contribution is 0.456. The average molecular weight is 332 g/mol. The maximum Gasteiger partial charge on any atom is 0.0323 e. The fraction of sp³-hybridized carbons (Fsp3) is 0.333. The summed E-state index contributed by atoms with van der Waals surface area (Å²) in [4.78, 5) is 0. The van der Waals surface area contributed by atoms with E-state index in [1.807, 2.05) is 0 Å². The van der Waals surface area contributed by atoms with Gasteiger partial charge in [-0.1, -0.05) is 64.8 Å². The van der Waals surface area contributed by atoms with Crippen molar-refractivity contribution in [3.8, 4) is 0 Å². The molecule has 2 atom stereocenters. The number of rotatable bonds is 5. The molecule has 0 radical (unpaired) electrons. The van der Waals surface area contributed by atoms with Crippen LogP contribution >= 0.6 is 15.9 Å². The molecule has 0 amide bonds. The Hall–Kier alpha value is -1.12. The largest absolute Gasteiger partial charge is 0.303 e. The van der Waals surface area contributed by atoms with Gasteiger partial charge in [-0.15, -0.1) is 0 Å². The molecule has 2 rings (SSSR count). The fourth-order valence-corrected chi connectivity index (χ4v) is 2.75. The molecule has 2 aromatic carbocycles. The van der Waals surface area contributed by atoms with Crippen LogP contribution in [-0.4, -0.2) is 0 Å². The molecule has 106 valence electrons. The fourth-order valence-electron chi connectivity index (χ4n) is 2.48. The molecule has 0 bridgehead atoms. The minimum atomic E-state index is 0.350. The highest BCUT2D eigenvalue weighted by atomic mass is 79.9. The van der Waals surface area contributed by atoms with Crippen LogP contribution in [0.15, 0.2) is 53.0 Å². The third-order valence-electron chi connectivity index (χ3n) is 3.67. The van der Waals surface area contributed by atoms with E-state index < -0.39 is 0 Å². The topological polar surface area (TPSA) is 12.0 Å². The second kappa shape index (κ2) is 7.05. The van der Waals surface area contributed by atoms with Crippen LogP contribution in [0.5, 0.6) is 0 Å². The van der Waals surface area contributed by atoms with Gasteiger partial charge in [-0.3, -0.25) is 0 Å². The molecule has 2 aromatic rings. The normalized spacial score (nSPS) is 14.0. The average Bonchev–Trinajstić information content (AvgIpc) is 2.45. The zero-order chi connectivity index (χ0) is 14.5. The smallest absolute Gasteiger partial charge is 0.0323 e. The Labute approximate surface area is 130 Å². The van der Waals surface area contributed by atoms with Gasteiger partial charge in [-0.25, -0.2) is 0 Å². The van der Waals surface area contributed by atoms with E-state index in [-0.39, 0.29) is 0 Å². The summed E-state index contributed by atoms with van der Waals surface area (Å²) >= 11 is 3.49. The van der Waals surface area contributed by atoms with E-state index in [1.54, 1.807) is 0 Å². The first-order valence-electron chi connectivity index (χ1n) is 7.18. The SMILES string of the molecule is CCC(N[C@H](C)c1cccc(C)c1)c1ccc(Br)cc1. The second-order valence-corrected chi connectivity index (χ2v) is 6.23. The van der Waals surface area contributed by atoms with Gasteiger partial charge in [-0.2, -0.15) is 0 Å². The van der Waals surface area contributed by atoms with Gasteiger partial charge in [-0.05, 0) is 43.5 Å². The quantitative estimate of drug-likeness (QED) is 0.756. The lowest BCUT2D eigenvalue weighted by atomic mass is 10.0. The molecule has 1 N–H and O–H groups in total. The van der Waals surface area contributed by atoms with Crippen LogP contribution in [0.4, 0.5) is 0 Å². The predicted molar refractivity (Wildman–Crippen MR) is 89.9 cm³/mol. The van der Waals surface area contributed by atoms with E-state index in [0.29, 0.717) is 12.1 Å². The van der Waals surface area contributed by atoms with E-state index in [4.69, 9.17) is 0 Å². The molecule has 0 aliphatic rings. The highest BCUT2D eigenvalue weighted by molar-refractivity contribution is 9.10. The first kappa shape index (κ1) is 15.3. The Morgan fingerprint density at radius 1 is 1.05 bits per heavy atom. The van der Waals surface area contributed by atoms with E-state index in [9.17, 15) is 0 Å². The van der Waals surface area contributed by atoms with E-state index in [1.165, 1.54) is 16.7 Å². The Morgan fingerprint density at radius 2 is 1.75 bits per heavy atom. The van der Waals surface area contributed by atoms with Crippen molar-refractivity contribution in [1.29, 1.82) is 0 Å². The molecular formula is C18H22BrN. The Morgan fingerprint density at radius 3 is 2.35 bits per heavy atom. The molecule has 0 fully saturated rings. The minimum absolute atomic E-state index is 0.350. The number of aryl methyl sites for hydroxylation is 1. The molecular weight excluding hydrogens is 310 g/mol. The molecule has 0 heterocycles. The summed E-state index contributed by atoms with van der Waals surface area (Å²) in [7, 11) is 0. The predicted octanol–water partition coefficient (Wildman–Crippen LogP) is 5.56. The van der Waals surface area contributed by atoms with Gasteiger partial charge < -0.3 is 5.32 Å². The molecule has 0 aromatic heterocycles. The zero-order valence-corrected chi connectivity index (χ0v) is 13.9. The summed E-state index contributed by atoms with van der Waals surface area (Å²) in [5.41, 5.74) is 4.00. The molecule has 20 heavy (non-hydrogen) atoms. The van der Waals surface area contributed by atoms with Crippen molar-refractivity contribution in [3.05, 3.63) is 69.7 Å². The van der Waals surface area contributed by atoms with Crippen LogP contribution in [0.3, 0.4) is 0 Å². The van der Waals surface area contributed by atoms with Crippen molar-refractivity contribution in [2.75, 3.05) is 0 Å². The minimum Gasteiger partial charge on any atom is -0.303 e. The van der Waals surface area contributed by atoms with Crippen LogP contribution in [0, 0.1) is 6.92 Å². The van der Waals surface area contributed by atoms with Crippen molar-refractivity contribution in [2.24, 2.45) is 0 Å². The maximum absolute atomic E-state index is 3.73. The van der Waals surface area contributed by atoms with Crippen LogP contribution < -0.4 is 5.32 Å². The standard InChI is InChI=1S/C18H22BrN/c1-4-18(15-8-10-17(19)11-9-15)20-14(3)16-7-5-6-13(2)12-16/h5-12,14,18,20H,4H2,1-3H3/t14-,18?/m1/s1. The molecule has 2 heteroatoms. The van der Waals surface area contributed by atoms with E-state index in [0.717, 1.165) is 10.9 Å². The van der Waals surface area contributed by atoms with Gasteiger partial charge in [0.05, 0.1) is 0 Å². The van der Waals surface area contributed by atoms with E-state index in [2.05, 4.69) is 90.5 Å². The zero-order valence-electron chi connectivity index (χ0n) is 12.4. The summed E-state index contributed by atoms with van der Waals surface area (Å²) < 4.78 is 1.13. The monoisotopic (exact) mass is 331 g/mol. The highest BCUT2D eigenvalue weighted by Gasteiger charge is 2.13. The molecule has 0 saturated carbocycles. The number of nitrogens with one attached hydrogen (secondary N) is 1. The maximum atomic E-state index is 3.73. The molecule has 1 unspecified atom stereocenters. The molecule has 1 nitrogen and oxygen atoms in total. The summed E-state index contributed by atoms with van der Waals surface area (Å²) in [6, 6.07) is 18.1. The van der Waals surface area contributed by atoms with E-state index >= 15 is 0 Å². The van der Waals surface area contributed by atoms with Gasteiger partial charge in [0.1, 0.15) is 0 Å². The van der Waals surface area contributed by atoms with Crippen LogP contribution in [0.25, 0.3) is 0 Å². The summed E-state index contributed by atoms with van der Waals surface area (Å²) in [5, 5.41) is 3.73. The Kier molecular flexibility index (Phi) is 5.38. The van der Waals surface area contributed by atoms with Gasteiger partial charge >= 0.3 is 0 Å². The number of hydrogen-bond donors (Lipinski definition) is 1. The number of hydrogen-bond acceptors (Lipinski definition) is 1. The van der Waals surface area contributed by atoms with Crippen LogP contribution in [0.2, 0.25) is 0 Å². The molecule has 0 aliphatic carbocycles. The van der Waals surface area contributed by atoms with Gasteiger partial charge in [0.15, 0.2) is 0 Å². The first-order valence-corrected chi connectivity index (χ1v) is 7.97. The first-order chi connectivity index (χ1) is 9.60. The van der Waals surface area contributed by atoms with Crippen LogP contribution in [0.1, 0.15) is 49.0 Å². The van der Waals surface area contributed by atoms with Crippen molar-refractivity contribution in [3.63, 3.8) is 0 Å². The Bertz CT molecular complexity index is 548. The number of halogens is 1. The summed E-state index contributed by atoms with van der Waals surface area (Å²) in [6.07, 6.45) is 1.08. The van der Waals surface area contributed by atoms with Crippen LogP contribution in [-0.2, 0) is 0 Å². The number of benzene rings is 2. The summed E-state index contributed by atoms with van der Waals surface area (Å²) in [6.45, 7) is 6.60. The second-order valence-electron chi connectivity index (χ2n) is 5.31. The van der Waals surface area contributed by atoms with Gasteiger partial charge in [0, 0.05) is 16.6 Å². The third kappa shape index (κ3) is 3.94. The lowest BCUT2D eigenvalue weighted by Gasteiger charge is -2.23. The van der Waals surface area contributed by atoms with Crippen molar-refractivity contribution < 1.29 is 0 Å². The Balaban J connectivity index is 2.11. The molecule has 0 spiro atoms. The lowest BCUT2D eigenvalue weighted by Crippen LogP contribution is -2.24. The third-order valence-corrected chi connectivity index (χ3v) is 4.20. The highest BCUT2D eigenvalue weighted by Crippen LogP contribution is 2.24. The van der Waals surface area contributed by atoms with Gasteiger partial charge in [0.25, 0.3) is 0 Å². The van der Waals surface area contributed by atoms with Crippen molar-refractivity contribution >= 4 is 15.9 Å². The van der Waals surface area contributed by atoms with Gasteiger partial charge in [0.2, 0.25) is 0 Å².